The molecule has 0 fully saturated rings. The number of benzene rings is 1. The molecule has 2 rings (SSSR count). The molecule has 1 aromatic heterocycles. The van der Waals surface area contributed by atoms with Crippen LogP contribution in [0, 0.1) is 0 Å². The molecule has 0 saturated heterocycles. The van der Waals surface area contributed by atoms with Gasteiger partial charge in [0.1, 0.15) is 4.99 Å². The topological polar surface area (TPSA) is 90.0 Å². The molecule has 21 heavy (non-hydrogen) atoms. The number of nitrogens with two attached hydrogens (primary N) is 1. The average Bonchev–Trinajstić information content (AvgIpc) is 2.85. The molecule has 0 unspecified atom stereocenters. The molecule has 0 spiro atoms. The first-order valence-electron chi connectivity index (χ1n) is 5.98. The molecule has 1 aromatic carbocycles. The first kappa shape index (κ1) is 15.7. The van der Waals surface area contributed by atoms with E-state index in [4.69, 9.17) is 29.6 Å². The molecule has 0 aliphatic heterocycles. The van der Waals surface area contributed by atoms with Gasteiger partial charge in [0.15, 0.2) is 0 Å². The lowest BCUT2D eigenvalue weighted by atomic mass is 10.2. The van der Waals surface area contributed by atoms with Crippen molar-refractivity contribution >= 4 is 44.5 Å². The number of nitrogens with one attached hydrogen (secondary N) is 1. The van der Waals surface area contributed by atoms with Gasteiger partial charge < -0.3 is 5.73 Å². The number of rotatable bonds is 5. The molecule has 6 nitrogen and oxygen atoms in total. The van der Waals surface area contributed by atoms with E-state index in [1.54, 1.807) is 10.9 Å². The fourth-order valence-electron chi connectivity index (χ4n) is 1.67. The number of aromatic nitrogens is 2. The smallest absolute Gasteiger partial charge is 0.262 e. The van der Waals surface area contributed by atoms with Gasteiger partial charge in [0, 0.05) is 18.3 Å². The van der Waals surface area contributed by atoms with Gasteiger partial charge in [-0.25, -0.2) is 8.42 Å². The van der Waals surface area contributed by atoms with Crippen LogP contribution in [-0.2, 0) is 16.6 Å². The van der Waals surface area contributed by atoms with Crippen molar-refractivity contribution in [3.8, 4) is 0 Å². The molecular weight excluding hydrogens is 332 g/mol. The quantitative estimate of drug-likeness (QED) is 0.809. The Bertz CT molecular complexity index is 786. The Hall–Kier alpha value is -1.64. The molecular formula is C12H13ClN4O2S2. The summed E-state index contributed by atoms with van der Waals surface area (Å²) in [6.07, 6.45) is 3.04. The summed E-state index contributed by atoms with van der Waals surface area (Å²) in [7, 11) is -3.75. The van der Waals surface area contributed by atoms with Gasteiger partial charge in [-0.05, 0) is 25.1 Å². The highest BCUT2D eigenvalue weighted by Gasteiger charge is 2.17. The third kappa shape index (κ3) is 3.52. The molecule has 9 heteroatoms. The van der Waals surface area contributed by atoms with Crippen LogP contribution in [-0.4, -0.2) is 23.2 Å². The molecule has 0 aliphatic rings. The van der Waals surface area contributed by atoms with E-state index in [1.807, 2.05) is 6.92 Å². The van der Waals surface area contributed by atoms with Crippen LogP contribution in [0.4, 0.5) is 5.69 Å². The summed E-state index contributed by atoms with van der Waals surface area (Å²) in [4.78, 5) is 0.137. The Kier molecular flexibility index (Phi) is 4.50. The molecule has 0 saturated carbocycles. The fourth-order valence-corrected chi connectivity index (χ4v) is 3.30. The molecule has 1 heterocycles. The zero-order valence-corrected chi connectivity index (χ0v) is 13.5. The minimum absolute atomic E-state index is 0.0248. The average molecular weight is 345 g/mol. The highest BCUT2D eigenvalue weighted by molar-refractivity contribution is 7.92. The largest absolute Gasteiger partial charge is 0.389 e. The first-order chi connectivity index (χ1) is 9.83. The minimum atomic E-state index is -3.75. The van der Waals surface area contributed by atoms with E-state index < -0.39 is 10.0 Å². The second-order valence-corrected chi connectivity index (χ2v) is 6.73. The van der Waals surface area contributed by atoms with Gasteiger partial charge in [0.2, 0.25) is 0 Å². The summed E-state index contributed by atoms with van der Waals surface area (Å²) in [5.74, 6) is 0. The zero-order valence-electron chi connectivity index (χ0n) is 11.1. The second-order valence-electron chi connectivity index (χ2n) is 4.20. The number of halogens is 1. The Morgan fingerprint density at radius 1 is 1.52 bits per heavy atom. The Balaban J connectivity index is 2.31. The van der Waals surface area contributed by atoms with Gasteiger partial charge in [0.25, 0.3) is 10.0 Å². The van der Waals surface area contributed by atoms with Crippen LogP contribution in [0.1, 0.15) is 12.5 Å². The van der Waals surface area contributed by atoms with Crippen molar-refractivity contribution in [2.24, 2.45) is 5.73 Å². The van der Waals surface area contributed by atoms with Crippen molar-refractivity contribution in [3.63, 3.8) is 0 Å². The van der Waals surface area contributed by atoms with Gasteiger partial charge in [-0.1, -0.05) is 23.8 Å². The second kappa shape index (κ2) is 6.00. The normalized spacial score (nSPS) is 11.3. The Labute approximate surface area is 133 Å². The van der Waals surface area contributed by atoms with Crippen LogP contribution in [0.3, 0.4) is 0 Å². The molecule has 0 bridgehead atoms. The lowest BCUT2D eigenvalue weighted by Gasteiger charge is -2.08. The van der Waals surface area contributed by atoms with Gasteiger partial charge in [-0.3, -0.25) is 9.40 Å². The highest BCUT2D eigenvalue weighted by Crippen LogP contribution is 2.22. The van der Waals surface area contributed by atoms with E-state index >= 15 is 0 Å². The number of thiocarbonyl (C=S) groups is 1. The number of hydrogen-bond acceptors (Lipinski definition) is 4. The molecule has 0 amide bonds. The van der Waals surface area contributed by atoms with Crippen LogP contribution >= 0.6 is 23.8 Å². The summed E-state index contributed by atoms with van der Waals surface area (Å²) in [6, 6.07) is 4.18. The van der Waals surface area contributed by atoms with Gasteiger partial charge in [0.05, 0.1) is 21.8 Å². The molecule has 0 atom stereocenters. The van der Waals surface area contributed by atoms with Gasteiger partial charge in [-0.2, -0.15) is 5.10 Å². The Morgan fingerprint density at radius 3 is 2.76 bits per heavy atom. The van der Waals surface area contributed by atoms with Crippen LogP contribution in [0.5, 0.6) is 0 Å². The number of aryl methyl sites for hydroxylation is 1. The molecule has 112 valence electrons. The van der Waals surface area contributed by atoms with E-state index in [1.165, 1.54) is 24.4 Å². The lowest BCUT2D eigenvalue weighted by molar-refractivity contribution is 0.601. The number of hydrogen-bond donors (Lipinski definition) is 2. The minimum Gasteiger partial charge on any atom is -0.389 e. The third-order valence-electron chi connectivity index (χ3n) is 2.73. The van der Waals surface area contributed by atoms with E-state index in [2.05, 4.69) is 9.82 Å². The summed E-state index contributed by atoms with van der Waals surface area (Å²) in [5.41, 5.74) is 6.30. The maximum absolute atomic E-state index is 12.3. The molecule has 0 aliphatic carbocycles. The SMILES string of the molecule is CCn1cc(NS(=O)(=O)c2ccc(C(N)=S)c(Cl)c2)cn1. The van der Waals surface area contributed by atoms with E-state index in [9.17, 15) is 8.42 Å². The monoisotopic (exact) mass is 344 g/mol. The zero-order chi connectivity index (χ0) is 15.6. The van der Waals surface area contributed by atoms with Crippen molar-refractivity contribution in [1.82, 2.24) is 9.78 Å². The first-order valence-corrected chi connectivity index (χ1v) is 8.25. The number of nitrogens with zero attached hydrogens (tertiary/aromatic N) is 2. The van der Waals surface area contributed by atoms with Crippen molar-refractivity contribution in [2.45, 2.75) is 18.4 Å². The number of anilines is 1. The van der Waals surface area contributed by atoms with Gasteiger partial charge >= 0.3 is 0 Å². The summed E-state index contributed by atoms with van der Waals surface area (Å²) in [6.45, 7) is 2.55. The maximum Gasteiger partial charge on any atom is 0.262 e. The molecule has 3 N–H and O–H groups in total. The van der Waals surface area contributed by atoms with Crippen LogP contribution < -0.4 is 10.5 Å². The van der Waals surface area contributed by atoms with Crippen molar-refractivity contribution in [3.05, 3.63) is 41.2 Å². The summed E-state index contributed by atoms with van der Waals surface area (Å²) < 4.78 is 28.6. The van der Waals surface area contributed by atoms with Crippen LogP contribution in [0.25, 0.3) is 0 Å². The van der Waals surface area contributed by atoms with E-state index in [0.717, 1.165) is 0 Å². The number of sulfonamides is 1. The van der Waals surface area contributed by atoms with E-state index in [-0.39, 0.29) is 14.9 Å². The highest BCUT2D eigenvalue weighted by atomic mass is 35.5. The van der Waals surface area contributed by atoms with Crippen LogP contribution in [0.15, 0.2) is 35.5 Å². The lowest BCUT2D eigenvalue weighted by Crippen LogP contribution is -2.14. The van der Waals surface area contributed by atoms with Crippen LogP contribution in [0.2, 0.25) is 5.02 Å². The molecule has 0 radical (unpaired) electrons. The van der Waals surface area contributed by atoms with Gasteiger partial charge in [-0.15, -0.1) is 0 Å². The fraction of sp³-hybridized carbons (Fsp3) is 0.167. The van der Waals surface area contributed by atoms with Crippen molar-refractivity contribution in [1.29, 1.82) is 0 Å². The van der Waals surface area contributed by atoms with Crippen molar-refractivity contribution < 1.29 is 8.42 Å². The Morgan fingerprint density at radius 2 is 2.24 bits per heavy atom. The summed E-state index contributed by atoms with van der Waals surface area (Å²) in [5, 5.41) is 4.19. The third-order valence-corrected chi connectivity index (χ3v) is 4.64. The standard InChI is InChI=1S/C12H13ClN4O2S2/c1-2-17-7-8(6-15-17)16-21(18,19)9-3-4-10(12(14)20)11(13)5-9/h3-7,16H,2H2,1H3,(H2,14,20). The van der Waals surface area contributed by atoms with E-state index in [0.29, 0.717) is 17.8 Å². The summed E-state index contributed by atoms with van der Waals surface area (Å²) >= 11 is 10.8. The molecule has 2 aromatic rings. The predicted octanol–water partition coefficient (Wildman–Crippen LogP) is 1.99. The van der Waals surface area contributed by atoms with Crippen molar-refractivity contribution in [2.75, 3.05) is 4.72 Å². The maximum atomic E-state index is 12.3. The predicted molar refractivity (Wildman–Crippen MR) is 86.0 cm³/mol.